The third-order valence-electron chi connectivity index (χ3n) is 4.35. The molecule has 0 aliphatic carbocycles. The smallest absolute Gasteiger partial charge is 0.305 e. The van der Waals surface area contributed by atoms with E-state index in [-0.39, 0.29) is 18.4 Å². The van der Waals surface area contributed by atoms with Crippen molar-refractivity contribution in [3.8, 4) is 0 Å². The number of rotatable bonds is 12. The lowest BCUT2D eigenvalue weighted by atomic mass is 10.2. The Morgan fingerprint density at radius 3 is 2.86 bits per heavy atom. The standard InChI is InChI=1S/C22H29FN2O3/c1-3-8-22(27)28-17-20(26)16-24(12-4-2)15-19-10-7-13-25(19)14-18-9-5-6-11-21(18)23/h4-7,9-11,13,20,26H,2-3,8,12,14-17H2,1H3/t20-/m0/s1. The van der Waals surface area contributed by atoms with Crippen LogP contribution in [-0.2, 0) is 22.6 Å². The highest BCUT2D eigenvalue weighted by atomic mass is 19.1. The fourth-order valence-corrected chi connectivity index (χ4v) is 2.99. The highest BCUT2D eigenvalue weighted by Gasteiger charge is 2.15. The summed E-state index contributed by atoms with van der Waals surface area (Å²) in [6.07, 6.45) is 3.97. The number of esters is 1. The van der Waals surface area contributed by atoms with Crippen LogP contribution in [0.25, 0.3) is 0 Å². The van der Waals surface area contributed by atoms with Crippen LogP contribution in [0.1, 0.15) is 31.0 Å². The molecule has 2 aromatic rings. The predicted octanol–water partition coefficient (Wildman–Crippen LogP) is 3.37. The largest absolute Gasteiger partial charge is 0.463 e. The van der Waals surface area contributed by atoms with Gasteiger partial charge in [-0.1, -0.05) is 31.2 Å². The van der Waals surface area contributed by atoms with Crippen LogP contribution < -0.4 is 0 Å². The Kier molecular flexibility index (Phi) is 8.91. The van der Waals surface area contributed by atoms with Crippen LogP contribution in [0.3, 0.4) is 0 Å². The third-order valence-corrected chi connectivity index (χ3v) is 4.35. The van der Waals surface area contributed by atoms with Crippen LogP contribution in [0.4, 0.5) is 4.39 Å². The molecule has 0 radical (unpaired) electrons. The van der Waals surface area contributed by atoms with Gasteiger partial charge in [0.2, 0.25) is 0 Å². The zero-order valence-corrected chi connectivity index (χ0v) is 16.4. The van der Waals surface area contributed by atoms with Crippen molar-refractivity contribution in [2.24, 2.45) is 0 Å². The minimum atomic E-state index is -0.782. The maximum Gasteiger partial charge on any atom is 0.305 e. The maximum atomic E-state index is 14.0. The van der Waals surface area contributed by atoms with E-state index in [4.69, 9.17) is 4.74 Å². The molecule has 0 aliphatic heterocycles. The first-order chi connectivity index (χ1) is 13.5. The van der Waals surface area contributed by atoms with Crippen molar-refractivity contribution in [2.75, 3.05) is 19.7 Å². The van der Waals surface area contributed by atoms with E-state index in [1.807, 2.05) is 40.8 Å². The summed E-state index contributed by atoms with van der Waals surface area (Å²) in [6.45, 7) is 7.57. The summed E-state index contributed by atoms with van der Waals surface area (Å²) in [5, 5.41) is 10.2. The summed E-state index contributed by atoms with van der Waals surface area (Å²) in [7, 11) is 0. The van der Waals surface area contributed by atoms with Gasteiger partial charge in [0.25, 0.3) is 0 Å². The topological polar surface area (TPSA) is 54.7 Å². The highest BCUT2D eigenvalue weighted by molar-refractivity contribution is 5.69. The van der Waals surface area contributed by atoms with Crippen molar-refractivity contribution in [1.29, 1.82) is 0 Å². The van der Waals surface area contributed by atoms with Crippen molar-refractivity contribution < 1.29 is 19.0 Å². The monoisotopic (exact) mass is 388 g/mol. The lowest BCUT2D eigenvalue weighted by molar-refractivity contribution is -0.147. The average molecular weight is 388 g/mol. The van der Waals surface area contributed by atoms with Gasteiger partial charge in [0.15, 0.2) is 0 Å². The summed E-state index contributed by atoms with van der Waals surface area (Å²) < 4.78 is 21.0. The van der Waals surface area contributed by atoms with Crippen molar-refractivity contribution in [2.45, 2.75) is 39.0 Å². The van der Waals surface area contributed by atoms with Crippen molar-refractivity contribution in [1.82, 2.24) is 9.47 Å². The molecule has 0 fully saturated rings. The molecule has 0 saturated carbocycles. The average Bonchev–Trinajstić information content (AvgIpc) is 3.09. The van der Waals surface area contributed by atoms with E-state index >= 15 is 0 Å². The lowest BCUT2D eigenvalue weighted by Crippen LogP contribution is -2.35. The zero-order valence-electron chi connectivity index (χ0n) is 16.4. The molecule has 2 rings (SSSR count). The van der Waals surface area contributed by atoms with E-state index in [1.165, 1.54) is 6.07 Å². The van der Waals surface area contributed by atoms with Gasteiger partial charge in [-0.05, 0) is 24.6 Å². The second-order valence-electron chi connectivity index (χ2n) is 6.79. The number of halogens is 1. The fraction of sp³-hybridized carbons (Fsp3) is 0.409. The number of benzene rings is 1. The van der Waals surface area contributed by atoms with Crippen LogP contribution in [0.2, 0.25) is 0 Å². The summed E-state index contributed by atoms with van der Waals surface area (Å²) >= 11 is 0. The number of aliphatic hydroxyl groups is 1. The van der Waals surface area contributed by atoms with Gasteiger partial charge in [0, 0.05) is 43.5 Å². The number of carbonyl (C=O) groups is 1. The predicted molar refractivity (Wildman–Crippen MR) is 107 cm³/mol. The molecule has 0 aliphatic rings. The van der Waals surface area contributed by atoms with Gasteiger partial charge in [-0.2, -0.15) is 0 Å². The second kappa shape index (κ2) is 11.4. The quantitative estimate of drug-likeness (QED) is 0.447. The van der Waals surface area contributed by atoms with Crippen LogP contribution in [0.5, 0.6) is 0 Å². The molecule has 1 N–H and O–H groups in total. The van der Waals surface area contributed by atoms with Gasteiger partial charge in [0.05, 0.1) is 6.54 Å². The van der Waals surface area contributed by atoms with E-state index < -0.39 is 6.10 Å². The lowest BCUT2D eigenvalue weighted by Gasteiger charge is -2.24. The van der Waals surface area contributed by atoms with Crippen molar-refractivity contribution in [3.63, 3.8) is 0 Å². The summed E-state index contributed by atoms with van der Waals surface area (Å²) in [4.78, 5) is 13.5. The highest BCUT2D eigenvalue weighted by Crippen LogP contribution is 2.13. The molecule has 0 amide bonds. The Labute approximate surface area is 166 Å². The molecule has 1 aromatic carbocycles. The first kappa shape index (κ1) is 21.9. The molecule has 0 saturated heterocycles. The van der Waals surface area contributed by atoms with Gasteiger partial charge in [-0.15, -0.1) is 6.58 Å². The Morgan fingerprint density at radius 2 is 2.14 bits per heavy atom. The first-order valence-electron chi connectivity index (χ1n) is 9.57. The molecule has 1 atom stereocenters. The van der Waals surface area contributed by atoms with Gasteiger partial charge in [0.1, 0.15) is 18.5 Å². The Hall–Kier alpha value is -2.44. The van der Waals surface area contributed by atoms with E-state index in [9.17, 15) is 14.3 Å². The van der Waals surface area contributed by atoms with Crippen LogP contribution in [0, 0.1) is 5.82 Å². The van der Waals surface area contributed by atoms with Gasteiger partial charge in [-0.25, -0.2) is 4.39 Å². The molecule has 1 aromatic heterocycles. The number of hydrogen-bond acceptors (Lipinski definition) is 4. The molecular weight excluding hydrogens is 359 g/mol. The number of hydrogen-bond donors (Lipinski definition) is 1. The molecule has 0 spiro atoms. The first-order valence-corrected chi connectivity index (χ1v) is 9.57. The molecule has 6 heteroatoms. The number of aromatic nitrogens is 1. The van der Waals surface area contributed by atoms with E-state index in [0.29, 0.717) is 38.2 Å². The van der Waals surface area contributed by atoms with Gasteiger partial charge in [-0.3, -0.25) is 9.69 Å². The summed E-state index contributed by atoms with van der Waals surface area (Å²) in [5.41, 5.74) is 1.62. The molecule has 5 nitrogen and oxygen atoms in total. The molecule has 0 bridgehead atoms. The van der Waals surface area contributed by atoms with E-state index in [2.05, 4.69) is 6.58 Å². The Balaban J connectivity index is 1.97. The maximum absolute atomic E-state index is 14.0. The number of nitrogens with zero attached hydrogens (tertiary/aromatic N) is 2. The molecule has 1 heterocycles. The van der Waals surface area contributed by atoms with Crippen LogP contribution in [0.15, 0.2) is 55.3 Å². The molecular formula is C22H29FN2O3. The zero-order chi connectivity index (χ0) is 20.4. The Morgan fingerprint density at radius 1 is 1.36 bits per heavy atom. The van der Waals surface area contributed by atoms with Crippen LogP contribution >= 0.6 is 0 Å². The van der Waals surface area contributed by atoms with Gasteiger partial charge >= 0.3 is 5.97 Å². The number of ether oxygens (including phenoxy) is 1. The number of aliphatic hydroxyl groups excluding tert-OH is 1. The SMILES string of the molecule is C=CCN(Cc1cccn1Cc1ccccc1F)C[C@H](O)COC(=O)CCC. The van der Waals surface area contributed by atoms with E-state index in [1.54, 1.807) is 18.2 Å². The summed E-state index contributed by atoms with van der Waals surface area (Å²) in [5.74, 6) is -0.523. The van der Waals surface area contributed by atoms with Crippen LogP contribution in [-0.4, -0.2) is 46.3 Å². The normalized spacial score (nSPS) is 12.1. The molecule has 28 heavy (non-hydrogen) atoms. The summed E-state index contributed by atoms with van der Waals surface area (Å²) in [6, 6.07) is 10.6. The van der Waals surface area contributed by atoms with Gasteiger partial charge < -0.3 is 14.4 Å². The third kappa shape index (κ3) is 6.94. The Bertz CT molecular complexity index is 760. The van der Waals surface area contributed by atoms with E-state index in [0.717, 1.165) is 12.1 Å². The van der Waals surface area contributed by atoms with Crippen molar-refractivity contribution >= 4 is 5.97 Å². The second-order valence-corrected chi connectivity index (χ2v) is 6.79. The minimum Gasteiger partial charge on any atom is -0.463 e. The number of carbonyl (C=O) groups excluding carboxylic acids is 1. The minimum absolute atomic E-state index is 0.0251. The molecule has 152 valence electrons. The fourth-order valence-electron chi connectivity index (χ4n) is 2.99. The molecule has 0 unspecified atom stereocenters. The van der Waals surface area contributed by atoms with Crippen molar-refractivity contribution in [3.05, 3.63) is 72.3 Å².